The van der Waals surface area contributed by atoms with Crippen molar-refractivity contribution in [3.05, 3.63) is 35.5 Å². The summed E-state index contributed by atoms with van der Waals surface area (Å²) < 4.78 is 5.10. The number of benzene rings is 1. The highest BCUT2D eigenvalue weighted by molar-refractivity contribution is 5.55. The molecule has 76 valence electrons. The summed E-state index contributed by atoms with van der Waals surface area (Å²) in [7, 11) is 3.45. The van der Waals surface area contributed by atoms with E-state index in [1.54, 1.807) is 7.11 Å². The van der Waals surface area contributed by atoms with Crippen molar-refractivity contribution >= 4 is 6.08 Å². The van der Waals surface area contributed by atoms with Crippen molar-refractivity contribution in [1.82, 2.24) is 5.32 Å². The minimum absolute atomic E-state index is 0.0351. The fraction of sp³-hybridized carbons (Fsp3) is 0.273. The van der Waals surface area contributed by atoms with Gasteiger partial charge in [-0.2, -0.15) is 0 Å². The molecule has 0 aliphatic rings. The molecule has 0 aliphatic heterocycles. The van der Waals surface area contributed by atoms with Gasteiger partial charge < -0.3 is 15.2 Å². The molecule has 1 aromatic carbocycles. The molecule has 0 unspecified atom stereocenters. The molecular formula is C11H15NO2. The van der Waals surface area contributed by atoms with Crippen LogP contribution >= 0.6 is 0 Å². The van der Waals surface area contributed by atoms with E-state index in [0.717, 1.165) is 16.9 Å². The van der Waals surface area contributed by atoms with Crippen molar-refractivity contribution in [2.24, 2.45) is 0 Å². The molecule has 0 amide bonds. The average molecular weight is 193 g/mol. The van der Waals surface area contributed by atoms with Crippen molar-refractivity contribution in [2.75, 3.05) is 14.2 Å². The predicted molar refractivity (Wildman–Crippen MR) is 57.0 cm³/mol. The Hall–Kier alpha value is -1.48. The molecule has 0 atom stereocenters. The Kier molecular flexibility index (Phi) is 4.01. The summed E-state index contributed by atoms with van der Waals surface area (Å²) in [4.78, 5) is 0. The number of rotatable bonds is 4. The van der Waals surface area contributed by atoms with Gasteiger partial charge in [-0.3, -0.25) is 0 Å². The van der Waals surface area contributed by atoms with Crippen molar-refractivity contribution in [3.8, 4) is 5.75 Å². The zero-order valence-electron chi connectivity index (χ0n) is 8.45. The summed E-state index contributed by atoms with van der Waals surface area (Å²) in [5.74, 6) is 0.790. The standard InChI is InChI=1S/C11H15NO2/c1-12-6-5-9-7-11(14-2)4-3-10(9)8-13/h3-7,12-13H,8H2,1-2H3/b6-5-. The molecule has 0 bridgehead atoms. The molecule has 0 saturated carbocycles. The lowest BCUT2D eigenvalue weighted by Gasteiger charge is -2.05. The summed E-state index contributed by atoms with van der Waals surface area (Å²) in [6.07, 6.45) is 3.71. The second-order valence-corrected chi connectivity index (χ2v) is 2.84. The Morgan fingerprint density at radius 3 is 2.86 bits per heavy atom. The van der Waals surface area contributed by atoms with E-state index in [1.807, 2.05) is 37.5 Å². The van der Waals surface area contributed by atoms with Crippen LogP contribution < -0.4 is 10.1 Å². The van der Waals surface area contributed by atoms with Crippen LogP contribution in [0.2, 0.25) is 0 Å². The second-order valence-electron chi connectivity index (χ2n) is 2.84. The van der Waals surface area contributed by atoms with Crippen LogP contribution in [0, 0.1) is 0 Å². The van der Waals surface area contributed by atoms with Gasteiger partial charge >= 0.3 is 0 Å². The molecule has 1 rings (SSSR count). The van der Waals surface area contributed by atoms with Gasteiger partial charge in [0.25, 0.3) is 0 Å². The van der Waals surface area contributed by atoms with E-state index in [9.17, 15) is 0 Å². The first-order valence-corrected chi connectivity index (χ1v) is 4.43. The Balaban J connectivity index is 3.02. The van der Waals surface area contributed by atoms with Crippen LogP contribution in [0.25, 0.3) is 6.08 Å². The Bertz CT molecular complexity index is 321. The van der Waals surface area contributed by atoms with E-state index in [2.05, 4.69) is 5.32 Å². The summed E-state index contributed by atoms with van der Waals surface area (Å²) in [5, 5.41) is 12.0. The molecule has 14 heavy (non-hydrogen) atoms. The van der Waals surface area contributed by atoms with Crippen molar-refractivity contribution < 1.29 is 9.84 Å². The Labute approximate surface area is 84.0 Å². The Morgan fingerprint density at radius 2 is 2.29 bits per heavy atom. The third-order valence-corrected chi connectivity index (χ3v) is 1.95. The van der Waals surface area contributed by atoms with Gasteiger partial charge in [-0.1, -0.05) is 6.07 Å². The molecule has 0 aromatic heterocycles. The number of aliphatic hydroxyl groups excluding tert-OH is 1. The summed E-state index contributed by atoms with van der Waals surface area (Å²) in [5.41, 5.74) is 1.85. The maximum atomic E-state index is 9.09. The van der Waals surface area contributed by atoms with Crippen LogP contribution in [-0.2, 0) is 6.61 Å². The number of nitrogens with one attached hydrogen (secondary N) is 1. The van der Waals surface area contributed by atoms with Gasteiger partial charge in [0.1, 0.15) is 5.75 Å². The van der Waals surface area contributed by atoms with Crippen molar-refractivity contribution in [2.45, 2.75) is 6.61 Å². The lowest BCUT2D eigenvalue weighted by Crippen LogP contribution is -1.94. The second kappa shape index (κ2) is 5.29. The largest absolute Gasteiger partial charge is 0.497 e. The topological polar surface area (TPSA) is 41.5 Å². The molecule has 0 radical (unpaired) electrons. The van der Waals surface area contributed by atoms with Gasteiger partial charge in [0.2, 0.25) is 0 Å². The Morgan fingerprint density at radius 1 is 1.50 bits per heavy atom. The van der Waals surface area contributed by atoms with Crippen LogP contribution in [0.1, 0.15) is 11.1 Å². The molecule has 3 heteroatoms. The van der Waals surface area contributed by atoms with Gasteiger partial charge in [0, 0.05) is 7.05 Å². The third kappa shape index (κ3) is 2.50. The van der Waals surface area contributed by atoms with Gasteiger partial charge in [0.15, 0.2) is 0 Å². The predicted octanol–water partition coefficient (Wildman–Crippen LogP) is 1.38. The third-order valence-electron chi connectivity index (χ3n) is 1.95. The molecule has 0 spiro atoms. The van der Waals surface area contributed by atoms with Crippen LogP contribution in [0.4, 0.5) is 0 Å². The first-order valence-electron chi connectivity index (χ1n) is 4.43. The highest BCUT2D eigenvalue weighted by Gasteiger charge is 1.99. The number of hydrogen-bond donors (Lipinski definition) is 2. The van der Waals surface area contributed by atoms with Gasteiger partial charge in [0.05, 0.1) is 13.7 Å². The van der Waals surface area contributed by atoms with Crippen LogP contribution in [-0.4, -0.2) is 19.3 Å². The maximum absolute atomic E-state index is 9.09. The number of hydrogen-bond acceptors (Lipinski definition) is 3. The highest BCUT2D eigenvalue weighted by Crippen LogP contribution is 2.18. The molecule has 0 fully saturated rings. The molecule has 1 aromatic rings. The monoisotopic (exact) mass is 193 g/mol. The molecular weight excluding hydrogens is 178 g/mol. The first kappa shape index (κ1) is 10.6. The van der Waals surface area contributed by atoms with Crippen molar-refractivity contribution in [1.29, 1.82) is 0 Å². The lowest BCUT2D eigenvalue weighted by molar-refractivity contribution is 0.281. The normalized spacial score (nSPS) is 10.5. The summed E-state index contributed by atoms with van der Waals surface area (Å²) in [6.45, 7) is 0.0351. The smallest absolute Gasteiger partial charge is 0.119 e. The van der Waals surface area contributed by atoms with Gasteiger partial charge in [-0.15, -0.1) is 0 Å². The molecule has 0 heterocycles. The van der Waals surface area contributed by atoms with Crippen LogP contribution in [0.5, 0.6) is 5.75 Å². The van der Waals surface area contributed by atoms with Crippen molar-refractivity contribution in [3.63, 3.8) is 0 Å². The molecule has 2 N–H and O–H groups in total. The molecule has 3 nitrogen and oxygen atoms in total. The van der Waals surface area contributed by atoms with E-state index in [1.165, 1.54) is 0 Å². The number of methoxy groups -OCH3 is 1. The average Bonchev–Trinajstić information content (AvgIpc) is 2.25. The van der Waals surface area contributed by atoms with Gasteiger partial charge in [-0.05, 0) is 35.5 Å². The SMILES string of the molecule is CN/C=C\c1cc(OC)ccc1CO. The van der Waals surface area contributed by atoms with E-state index in [4.69, 9.17) is 9.84 Å². The van der Waals surface area contributed by atoms with E-state index >= 15 is 0 Å². The van der Waals surface area contributed by atoms with E-state index in [-0.39, 0.29) is 6.61 Å². The number of ether oxygens (including phenoxy) is 1. The molecule has 0 saturated heterocycles. The minimum atomic E-state index is 0.0351. The van der Waals surface area contributed by atoms with Crippen LogP contribution in [0.15, 0.2) is 24.4 Å². The van der Waals surface area contributed by atoms with Crippen LogP contribution in [0.3, 0.4) is 0 Å². The first-order chi connectivity index (χ1) is 6.81. The maximum Gasteiger partial charge on any atom is 0.119 e. The minimum Gasteiger partial charge on any atom is -0.497 e. The molecule has 0 aliphatic carbocycles. The quantitative estimate of drug-likeness (QED) is 0.759. The summed E-state index contributed by atoms with van der Waals surface area (Å²) >= 11 is 0. The lowest BCUT2D eigenvalue weighted by atomic mass is 10.1. The zero-order valence-corrected chi connectivity index (χ0v) is 8.45. The van der Waals surface area contributed by atoms with E-state index < -0.39 is 0 Å². The van der Waals surface area contributed by atoms with E-state index in [0.29, 0.717) is 0 Å². The fourth-order valence-corrected chi connectivity index (χ4v) is 1.17. The summed E-state index contributed by atoms with van der Waals surface area (Å²) in [6, 6.07) is 5.58. The van der Waals surface area contributed by atoms with Gasteiger partial charge in [-0.25, -0.2) is 0 Å². The fourth-order valence-electron chi connectivity index (χ4n) is 1.17. The zero-order chi connectivity index (χ0) is 10.4. The number of aliphatic hydroxyl groups is 1. The highest BCUT2D eigenvalue weighted by atomic mass is 16.5.